The van der Waals surface area contributed by atoms with Crippen LogP contribution in [0.25, 0.3) is 22.6 Å². The Kier molecular flexibility index (Phi) is 3.43. The van der Waals surface area contributed by atoms with Crippen molar-refractivity contribution in [3.8, 4) is 11.5 Å². The lowest BCUT2D eigenvalue weighted by Gasteiger charge is -2.15. The zero-order valence-electron chi connectivity index (χ0n) is 13.6. The van der Waals surface area contributed by atoms with Crippen molar-refractivity contribution in [2.75, 3.05) is 4.90 Å². The predicted molar refractivity (Wildman–Crippen MR) is 104 cm³/mol. The summed E-state index contributed by atoms with van der Waals surface area (Å²) in [5, 5.41) is 0. The molecule has 0 radical (unpaired) electrons. The molecule has 4 nitrogen and oxygen atoms in total. The largest absolute Gasteiger partial charge is 0.436 e. The summed E-state index contributed by atoms with van der Waals surface area (Å²) in [6.07, 6.45) is 0. The topological polar surface area (TPSA) is 46.3 Å². The van der Waals surface area contributed by atoms with Crippen LogP contribution in [0.4, 0.5) is 5.69 Å². The molecule has 0 fully saturated rings. The van der Waals surface area contributed by atoms with Gasteiger partial charge in [0.05, 0.1) is 6.54 Å². The third kappa shape index (κ3) is 2.44. The zero-order chi connectivity index (χ0) is 17.7. The lowest BCUT2D eigenvalue weighted by Crippen LogP contribution is -2.22. The summed E-state index contributed by atoms with van der Waals surface area (Å²) in [7, 11) is 0. The van der Waals surface area contributed by atoms with Crippen molar-refractivity contribution >= 4 is 38.6 Å². The zero-order valence-corrected chi connectivity index (χ0v) is 15.2. The van der Waals surface area contributed by atoms with Gasteiger partial charge in [-0.05, 0) is 54.1 Å². The minimum Gasteiger partial charge on any atom is -0.436 e. The van der Waals surface area contributed by atoms with Gasteiger partial charge in [0, 0.05) is 21.3 Å². The Bertz CT molecular complexity index is 1150. The van der Waals surface area contributed by atoms with Gasteiger partial charge in [0.15, 0.2) is 5.58 Å². The van der Waals surface area contributed by atoms with E-state index in [9.17, 15) is 4.79 Å². The fraction of sp³-hybridized carbons (Fsp3) is 0.0476. The number of nitrogens with zero attached hydrogens (tertiary/aromatic N) is 2. The summed E-state index contributed by atoms with van der Waals surface area (Å²) < 4.78 is 6.88. The molecule has 0 aliphatic carbocycles. The molecule has 1 aromatic heterocycles. The van der Waals surface area contributed by atoms with Gasteiger partial charge in [-0.3, -0.25) is 4.79 Å². The first kappa shape index (κ1) is 15.3. The quantitative estimate of drug-likeness (QED) is 0.448. The molecule has 0 bridgehead atoms. The van der Waals surface area contributed by atoms with E-state index in [1.165, 1.54) is 0 Å². The summed E-state index contributed by atoms with van der Waals surface area (Å²) in [6.45, 7) is 0.581. The standard InChI is InChI=1S/C21H13BrN2O2/c22-15-7-5-13(6-8-15)20-23-18-11-16(9-10-19(18)26-20)24-12-14-3-1-2-4-17(14)21(24)25/h1-11H,12H2. The maximum absolute atomic E-state index is 12.7. The van der Waals surface area contributed by atoms with Gasteiger partial charge < -0.3 is 9.32 Å². The van der Waals surface area contributed by atoms with Crippen LogP contribution in [0.1, 0.15) is 15.9 Å². The lowest BCUT2D eigenvalue weighted by atomic mass is 10.1. The average Bonchev–Trinajstić information content (AvgIpc) is 3.23. The Hall–Kier alpha value is -2.92. The number of amides is 1. The second-order valence-corrected chi connectivity index (χ2v) is 7.14. The molecule has 126 valence electrons. The molecule has 2 heterocycles. The Morgan fingerprint density at radius 2 is 1.81 bits per heavy atom. The fourth-order valence-corrected chi connectivity index (χ4v) is 3.53. The van der Waals surface area contributed by atoms with Crippen LogP contribution in [-0.2, 0) is 6.54 Å². The van der Waals surface area contributed by atoms with E-state index in [0.29, 0.717) is 18.0 Å². The van der Waals surface area contributed by atoms with Crippen LogP contribution in [0.2, 0.25) is 0 Å². The Labute approximate surface area is 158 Å². The van der Waals surface area contributed by atoms with Crippen molar-refractivity contribution in [2.45, 2.75) is 6.54 Å². The number of carbonyl (C=O) groups excluding carboxylic acids is 1. The van der Waals surface area contributed by atoms with Gasteiger partial charge in [-0.1, -0.05) is 34.1 Å². The van der Waals surface area contributed by atoms with Gasteiger partial charge in [0.25, 0.3) is 5.91 Å². The molecule has 4 aromatic rings. The highest BCUT2D eigenvalue weighted by Gasteiger charge is 2.28. The molecule has 0 atom stereocenters. The summed E-state index contributed by atoms with van der Waals surface area (Å²) in [6, 6.07) is 21.2. The highest BCUT2D eigenvalue weighted by atomic mass is 79.9. The number of halogens is 1. The molecule has 0 saturated heterocycles. The number of carbonyl (C=O) groups is 1. The second kappa shape index (κ2) is 5.81. The summed E-state index contributed by atoms with van der Waals surface area (Å²) >= 11 is 3.43. The second-order valence-electron chi connectivity index (χ2n) is 6.23. The van der Waals surface area contributed by atoms with Crippen molar-refractivity contribution in [3.63, 3.8) is 0 Å². The highest BCUT2D eigenvalue weighted by Crippen LogP contribution is 2.32. The number of aromatic nitrogens is 1. The molecule has 0 spiro atoms. The van der Waals surface area contributed by atoms with E-state index in [-0.39, 0.29) is 5.91 Å². The van der Waals surface area contributed by atoms with Gasteiger partial charge in [-0.2, -0.15) is 0 Å². The molecule has 26 heavy (non-hydrogen) atoms. The Balaban J connectivity index is 1.53. The number of rotatable bonds is 2. The monoisotopic (exact) mass is 404 g/mol. The third-order valence-corrected chi connectivity index (χ3v) is 5.12. The molecular formula is C21H13BrN2O2. The molecule has 0 saturated carbocycles. The first-order valence-electron chi connectivity index (χ1n) is 8.25. The van der Waals surface area contributed by atoms with Gasteiger partial charge in [0.2, 0.25) is 5.89 Å². The third-order valence-electron chi connectivity index (χ3n) is 4.60. The van der Waals surface area contributed by atoms with Gasteiger partial charge in [-0.25, -0.2) is 4.98 Å². The molecule has 1 aliphatic heterocycles. The summed E-state index contributed by atoms with van der Waals surface area (Å²) in [5.74, 6) is 0.595. The van der Waals surface area contributed by atoms with Crippen LogP contribution in [0.5, 0.6) is 0 Å². The maximum atomic E-state index is 12.7. The van der Waals surface area contributed by atoms with E-state index in [1.807, 2.05) is 66.7 Å². The van der Waals surface area contributed by atoms with Crippen LogP contribution in [0.15, 0.2) is 75.6 Å². The average molecular weight is 405 g/mol. The number of hydrogen-bond acceptors (Lipinski definition) is 3. The Morgan fingerprint density at radius 1 is 1.00 bits per heavy atom. The van der Waals surface area contributed by atoms with Crippen LogP contribution in [0.3, 0.4) is 0 Å². The van der Waals surface area contributed by atoms with E-state index in [4.69, 9.17) is 4.42 Å². The summed E-state index contributed by atoms with van der Waals surface area (Å²) in [5.41, 5.74) is 5.00. The number of hydrogen-bond donors (Lipinski definition) is 0. The molecule has 0 N–H and O–H groups in total. The predicted octanol–water partition coefficient (Wildman–Crippen LogP) is 5.42. The smallest absolute Gasteiger partial charge is 0.258 e. The SMILES string of the molecule is O=C1c2ccccc2CN1c1ccc2oc(-c3ccc(Br)cc3)nc2c1. The van der Waals surface area contributed by atoms with Crippen molar-refractivity contribution in [1.82, 2.24) is 4.98 Å². The maximum Gasteiger partial charge on any atom is 0.258 e. The summed E-state index contributed by atoms with van der Waals surface area (Å²) in [4.78, 5) is 19.0. The molecule has 5 heteroatoms. The molecular weight excluding hydrogens is 392 g/mol. The molecule has 1 amide bonds. The minimum absolute atomic E-state index is 0.0246. The Morgan fingerprint density at radius 3 is 2.62 bits per heavy atom. The fourth-order valence-electron chi connectivity index (χ4n) is 3.26. The minimum atomic E-state index is 0.0246. The van der Waals surface area contributed by atoms with Crippen molar-refractivity contribution in [2.24, 2.45) is 0 Å². The highest BCUT2D eigenvalue weighted by molar-refractivity contribution is 9.10. The first-order valence-corrected chi connectivity index (χ1v) is 9.05. The van der Waals surface area contributed by atoms with Crippen LogP contribution >= 0.6 is 15.9 Å². The number of anilines is 1. The van der Waals surface area contributed by atoms with Gasteiger partial charge in [0.1, 0.15) is 5.52 Å². The van der Waals surface area contributed by atoms with E-state index in [1.54, 1.807) is 4.90 Å². The van der Waals surface area contributed by atoms with Crippen molar-refractivity contribution in [3.05, 3.63) is 82.3 Å². The van der Waals surface area contributed by atoms with E-state index < -0.39 is 0 Å². The normalized spacial score (nSPS) is 13.4. The van der Waals surface area contributed by atoms with E-state index >= 15 is 0 Å². The molecule has 1 aliphatic rings. The number of fused-ring (bicyclic) bond motifs is 2. The molecule has 0 unspecified atom stereocenters. The van der Waals surface area contributed by atoms with Crippen molar-refractivity contribution < 1.29 is 9.21 Å². The van der Waals surface area contributed by atoms with Crippen LogP contribution in [0, 0.1) is 0 Å². The van der Waals surface area contributed by atoms with Gasteiger partial charge in [-0.15, -0.1) is 0 Å². The molecule has 5 rings (SSSR count). The van der Waals surface area contributed by atoms with Crippen LogP contribution in [-0.4, -0.2) is 10.9 Å². The van der Waals surface area contributed by atoms with Gasteiger partial charge >= 0.3 is 0 Å². The van der Waals surface area contributed by atoms with Crippen molar-refractivity contribution in [1.29, 1.82) is 0 Å². The number of benzene rings is 3. The van der Waals surface area contributed by atoms with E-state index in [0.717, 1.165) is 32.4 Å². The van der Waals surface area contributed by atoms with E-state index in [2.05, 4.69) is 20.9 Å². The lowest BCUT2D eigenvalue weighted by molar-refractivity contribution is 0.0996. The number of oxazole rings is 1. The molecule has 3 aromatic carbocycles. The first-order chi connectivity index (χ1) is 12.7. The van der Waals surface area contributed by atoms with Crippen LogP contribution < -0.4 is 4.90 Å².